The number of aldehydes is 1. The third kappa shape index (κ3) is 4.28. The van der Waals surface area contributed by atoms with Gasteiger partial charge in [-0.25, -0.2) is 0 Å². The Balaban J connectivity index is 0.000000249. The van der Waals surface area contributed by atoms with Crippen LogP contribution in [0.3, 0.4) is 0 Å². The Labute approximate surface area is 163 Å². The van der Waals surface area contributed by atoms with E-state index in [1.807, 2.05) is 13.0 Å². The minimum Gasteiger partial charge on any atom is -0.326 e. The first-order valence-corrected chi connectivity index (χ1v) is 9.55. The van der Waals surface area contributed by atoms with Crippen molar-refractivity contribution in [3.8, 4) is 0 Å². The summed E-state index contributed by atoms with van der Waals surface area (Å²) in [6, 6.07) is 8.39. The van der Waals surface area contributed by atoms with Crippen molar-refractivity contribution in [3.05, 3.63) is 71.8 Å². The van der Waals surface area contributed by atoms with Crippen LogP contribution in [0.5, 0.6) is 0 Å². The highest BCUT2D eigenvalue weighted by atomic mass is 16.1. The molecule has 2 N–H and O–H groups in total. The predicted octanol–water partition coefficient (Wildman–Crippen LogP) is 4.23. The van der Waals surface area contributed by atoms with Crippen molar-refractivity contribution in [1.29, 1.82) is 0 Å². The van der Waals surface area contributed by atoms with Crippen LogP contribution in [-0.4, -0.2) is 29.6 Å². The van der Waals surface area contributed by atoms with Gasteiger partial charge in [0.2, 0.25) is 0 Å². The maximum atomic E-state index is 10.1. The van der Waals surface area contributed by atoms with Crippen LogP contribution in [0.1, 0.15) is 44.2 Å². The summed E-state index contributed by atoms with van der Waals surface area (Å²) in [5, 5.41) is 7.02. The van der Waals surface area contributed by atoms with Crippen LogP contribution in [0.25, 0.3) is 0 Å². The second-order valence-electron chi connectivity index (χ2n) is 7.07. The molecule has 1 saturated carbocycles. The zero-order valence-corrected chi connectivity index (χ0v) is 16.7. The van der Waals surface area contributed by atoms with Crippen molar-refractivity contribution in [2.45, 2.75) is 45.2 Å². The third-order valence-electron chi connectivity index (χ3n) is 5.66. The molecule has 27 heavy (non-hydrogen) atoms. The summed E-state index contributed by atoms with van der Waals surface area (Å²) >= 11 is 0. The van der Waals surface area contributed by atoms with Crippen LogP contribution in [0.15, 0.2) is 65.8 Å². The molecule has 3 rings (SSSR count). The molecule has 1 spiro atoms. The topological polar surface area (TPSA) is 58.7 Å². The van der Waals surface area contributed by atoms with E-state index in [4.69, 9.17) is 10.8 Å². The Kier molecular flexibility index (Phi) is 7.31. The normalized spacial score (nSPS) is 20.7. The average Bonchev–Trinajstić information content (AvgIpc) is 2.92. The van der Waals surface area contributed by atoms with Gasteiger partial charge in [0.15, 0.2) is 0 Å². The van der Waals surface area contributed by atoms with E-state index >= 15 is 0 Å². The fourth-order valence-electron chi connectivity index (χ4n) is 3.88. The lowest BCUT2D eigenvalue weighted by Gasteiger charge is -2.46. The average molecular weight is 366 g/mol. The lowest BCUT2D eigenvalue weighted by atomic mass is 9.67. The van der Waals surface area contributed by atoms with E-state index in [1.54, 1.807) is 18.2 Å². The Morgan fingerprint density at radius 2 is 2.11 bits per heavy atom. The molecule has 0 radical (unpaired) electrons. The molecule has 0 bridgehead atoms. The van der Waals surface area contributed by atoms with Gasteiger partial charge < -0.3 is 5.73 Å². The fourth-order valence-corrected chi connectivity index (χ4v) is 3.88. The summed E-state index contributed by atoms with van der Waals surface area (Å²) in [6.07, 6.45) is 11.4. The third-order valence-corrected chi connectivity index (χ3v) is 5.66. The van der Waals surface area contributed by atoms with Gasteiger partial charge in [0.05, 0.1) is 11.3 Å². The van der Waals surface area contributed by atoms with Crippen LogP contribution in [0, 0.1) is 5.92 Å². The van der Waals surface area contributed by atoms with Crippen LogP contribution in [-0.2, 0) is 11.3 Å². The molecule has 1 fully saturated rings. The second kappa shape index (κ2) is 9.47. The van der Waals surface area contributed by atoms with Crippen molar-refractivity contribution < 1.29 is 4.79 Å². The highest BCUT2D eigenvalue weighted by Crippen LogP contribution is 2.48. The molecule has 144 valence electrons. The van der Waals surface area contributed by atoms with Crippen molar-refractivity contribution in [2.75, 3.05) is 7.05 Å². The zero-order valence-electron chi connectivity index (χ0n) is 16.7. The first-order valence-electron chi connectivity index (χ1n) is 9.55. The number of carbonyl (C=O) groups is 1. The van der Waals surface area contributed by atoms with Crippen molar-refractivity contribution in [3.63, 3.8) is 0 Å². The second-order valence-corrected chi connectivity index (χ2v) is 7.07. The molecule has 1 aromatic carbocycles. The number of nitrogens with zero attached hydrogens (tertiary/aromatic N) is 2. The summed E-state index contributed by atoms with van der Waals surface area (Å²) < 4.78 is 0. The van der Waals surface area contributed by atoms with Gasteiger partial charge in [0.1, 0.15) is 6.29 Å². The molecule has 1 heterocycles. The van der Waals surface area contributed by atoms with Crippen molar-refractivity contribution in [2.24, 2.45) is 16.8 Å². The quantitative estimate of drug-likeness (QED) is 0.483. The number of hydrazone groups is 1. The van der Waals surface area contributed by atoms with E-state index in [9.17, 15) is 4.79 Å². The molecule has 2 aliphatic rings. The van der Waals surface area contributed by atoms with E-state index < -0.39 is 0 Å². The van der Waals surface area contributed by atoms with Gasteiger partial charge in [-0.05, 0) is 31.7 Å². The van der Waals surface area contributed by atoms with E-state index in [2.05, 4.69) is 49.8 Å². The minimum absolute atomic E-state index is 0.289. The summed E-state index contributed by atoms with van der Waals surface area (Å²) in [4.78, 5) is 10.1. The molecule has 4 nitrogen and oxygen atoms in total. The molecule has 1 aromatic rings. The summed E-state index contributed by atoms with van der Waals surface area (Å²) in [7, 11) is 2.12. The monoisotopic (exact) mass is 365 g/mol. The Hall–Kier alpha value is -2.46. The van der Waals surface area contributed by atoms with Gasteiger partial charge in [-0.15, -0.1) is 0 Å². The van der Waals surface area contributed by atoms with Gasteiger partial charge in [-0.2, -0.15) is 5.10 Å². The molecule has 0 saturated heterocycles. The summed E-state index contributed by atoms with van der Waals surface area (Å²) in [5.41, 5.74) is 10.4. The zero-order chi connectivity index (χ0) is 19.9. The molecular formula is C23H31N3O. The van der Waals surface area contributed by atoms with Gasteiger partial charge >= 0.3 is 0 Å². The van der Waals surface area contributed by atoms with E-state index in [0.717, 1.165) is 6.29 Å². The number of benzene rings is 1. The van der Waals surface area contributed by atoms with Crippen LogP contribution >= 0.6 is 0 Å². The van der Waals surface area contributed by atoms with E-state index in [1.165, 1.54) is 36.1 Å². The minimum atomic E-state index is 0.289. The number of nitrogens with two attached hydrogens (primary N) is 1. The summed E-state index contributed by atoms with van der Waals surface area (Å²) in [5.74, 6) is 0.504. The number of hydrogen-bond acceptors (Lipinski definition) is 4. The fraction of sp³-hybridized carbons (Fsp3) is 0.391. The highest BCUT2D eigenvalue weighted by Gasteiger charge is 2.51. The van der Waals surface area contributed by atoms with E-state index in [0.29, 0.717) is 18.0 Å². The first kappa shape index (κ1) is 20.8. The molecule has 1 unspecified atom stereocenters. The largest absolute Gasteiger partial charge is 0.326 e. The molecule has 4 heteroatoms. The molecule has 1 aliphatic heterocycles. The molecule has 0 aromatic heterocycles. The number of hydrogen-bond donors (Lipinski definition) is 1. The standard InChI is InChI=1S/C15H21N3.C8H10O/c1-11-14(13-7-4-3-6-12(13)10-16)17-18(2)15(11)8-5-9-15;1-3-5-8(7-9)6-4-2/h3-4,6-7,11H,5,8-10,16H2,1-2H3;3-7H,1H2,2H3/b;6-4-,8-5+. The van der Waals surface area contributed by atoms with Gasteiger partial charge in [0, 0.05) is 30.6 Å². The molecule has 1 aliphatic carbocycles. The van der Waals surface area contributed by atoms with Crippen molar-refractivity contribution >= 4 is 12.0 Å². The van der Waals surface area contributed by atoms with Gasteiger partial charge in [-0.1, -0.05) is 62.1 Å². The number of carbonyl (C=O) groups excluding carboxylic acids is 1. The maximum absolute atomic E-state index is 10.1. The van der Waals surface area contributed by atoms with Crippen molar-refractivity contribution in [1.82, 2.24) is 5.01 Å². The van der Waals surface area contributed by atoms with Crippen LogP contribution in [0.2, 0.25) is 0 Å². The molecule has 0 amide bonds. The van der Waals surface area contributed by atoms with Gasteiger partial charge in [0.25, 0.3) is 0 Å². The number of rotatable bonds is 5. The smallest absolute Gasteiger partial charge is 0.150 e. The molecular weight excluding hydrogens is 334 g/mol. The number of allylic oxidation sites excluding steroid dienone is 5. The van der Waals surface area contributed by atoms with Gasteiger partial charge in [-0.3, -0.25) is 9.80 Å². The SMILES string of the molecule is C=C/C=C(C=O)\C=C/C.CC1C(c2ccccc2CN)=NN(C)C12CCC2. The highest BCUT2D eigenvalue weighted by molar-refractivity contribution is 6.05. The van der Waals surface area contributed by atoms with Crippen LogP contribution in [0.4, 0.5) is 0 Å². The predicted molar refractivity (Wildman–Crippen MR) is 114 cm³/mol. The first-order chi connectivity index (χ1) is 13.0. The molecule has 1 atom stereocenters. The Morgan fingerprint density at radius 3 is 2.59 bits per heavy atom. The van der Waals surface area contributed by atoms with Crippen LogP contribution < -0.4 is 5.73 Å². The Morgan fingerprint density at radius 1 is 1.41 bits per heavy atom. The Bertz CT molecular complexity index is 757. The maximum Gasteiger partial charge on any atom is 0.150 e. The van der Waals surface area contributed by atoms with E-state index in [-0.39, 0.29) is 5.54 Å². The summed E-state index contributed by atoms with van der Waals surface area (Å²) in [6.45, 7) is 8.22. The lowest BCUT2D eigenvalue weighted by Crippen LogP contribution is -2.51. The lowest BCUT2D eigenvalue weighted by molar-refractivity contribution is -0.104.